The lowest BCUT2D eigenvalue weighted by atomic mass is 9.60. The number of methoxy groups -OCH3 is 1. The molecule has 4 aliphatic rings. The molecule has 314 valence electrons. The number of carbonyl (C=O) groups excluding carboxylic acids is 2. The van der Waals surface area contributed by atoms with Crippen LogP contribution in [0.4, 0.5) is 22.0 Å². The summed E-state index contributed by atoms with van der Waals surface area (Å²) in [6.45, 7) is 7.35. The first kappa shape index (κ1) is 40.3. The average Bonchev–Trinajstić information content (AvgIpc) is 3.70. The van der Waals surface area contributed by atoms with Crippen molar-refractivity contribution < 1.29 is 32.4 Å². The van der Waals surface area contributed by atoms with Crippen molar-refractivity contribution in [3.8, 4) is 11.5 Å². The minimum Gasteiger partial charge on any atom is -0.455 e. The van der Waals surface area contributed by atoms with Crippen molar-refractivity contribution in [1.82, 2.24) is 29.5 Å². The van der Waals surface area contributed by atoms with E-state index in [-0.39, 0.29) is 28.6 Å². The fourth-order valence-electron chi connectivity index (χ4n) is 9.19. The number of nitrogens with one attached hydrogen (secondary N) is 3. The van der Waals surface area contributed by atoms with Crippen LogP contribution in [0.1, 0.15) is 68.6 Å². The highest BCUT2D eigenvalue weighted by Gasteiger charge is 2.48. The van der Waals surface area contributed by atoms with Gasteiger partial charge in [-0.25, -0.2) is 27.9 Å². The molecule has 2 saturated heterocycles. The van der Waals surface area contributed by atoms with Crippen molar-refractivity contribution in [2.24, 2.45) is 17.3 Å². The Bertz CT molecular complexity index is 2310. The number of amides is 2. The number of hydrogen-bond donors (Lipinski definition) is 3. The van der Waals surface area contributed by atoms with Gasteiger partial charge < -0.3 is 29.6 Å². The zero-order valence-electron chi connectivity index (χ0n) is 33.4. The van der Waals surface area contributed by atoms with E-state index in [2.05, 4.69) is 41.7 Å². The standard InChI is InChI=1S/C41H51N9O8S/c1-27-3-5-28(6-4-27)24-43-38-35(50(53)54)21-33(26-45-38)59(55,56)46-39(51)34-8-7-30(20-36(34)58-32-19-29-9-12-42-37(29)44-25-32)47-13-10-41(11-14-47)22-31(23-41)48-15-17-49(18-16-48)40(52)57-2/h7-9,12,19-21,25-28,31H,3-6,10-11,13-18,22-24H2,1-2H3,(H,42,44)(H,43,45)(H,46,51)/t27-,28+. The summed E-state index contributed by atoms with van der Waals surface area (Å²) in [6, 6.07) is 10.1. The number of benzene rings is 1. The minimum absolute atomic E-state index is 0.0190. The highest BCUT2D eigenvalue weighted by Crippen LogP contribution is 2.51. The topological polar surface area (TPSA) is 205 Å². The van der Waals surface area contributed by atoms with Crippen LogP contribution in [0.15, 0.2) is 59.9 Å². The Labute approximate surface area is 343 Å². The molecule has 2 aliphatic carbocycles. The van der Waals surface area contributed by atoms with Crippen LogP contribution in [0, 0.1) is 27.4 Å². The molecule has 1 aromatic carbocycles. The third-order valence-electron chi connectivity index (χ3n) is 12.9. The predicted molar refractivity (Wildman–Crippen MR) is 220 cm³/mol. The second-order valence-corrected chi connectivity index (χ2v) is 18.3. The number of aromatic amines is 1. The van der Waals surface area contributed by atoms with Gasteiger partial charge in [0.1, 0.15) is 22.0 Å². The molecule has 3 aromatic heterocycles. The van der Waals surface area contributed by atoms with Gasteiger partial charge in [0.2, 0.25) is 5.82 Å². The molecule has 0 atom stereocenters. The number of aromatic nitrogens is 3. The molecule has 4 aromatic rings. The highest BCUT2D eigenvalue weighted by atomic mass is 32.2. The van der Waals surface area contributed by atoms with Gasteiger partial charge in [0.15, 0.2) is 0 Å². The molecule has 8 rings (SSSR count). The van der Waals surface area contributed by atoms with Gasteiger partial charge in [-0.1, -0.05) is 19.8 Å². The molecule has 1 spiro atoms. The monoisotopic (exact) mass is 829 g/mol. The number of hydrogen-bond acceptors (Lipinski definition) is 13. The summed E-state index contributed by atoms with van der Waals surface area (Å²) in [5, 5.41) is 15.9. The Hall–Kier alpha value is -5.49. The van der Waals surface area contributed by atoms with E-state index in [0.29, 0.717) is 48.9 Å². The van der Waals surface area contributed by atoms with Crippen LogP contribution in [-0.4, -0.2) is 109 Å². The van der Waals surface area contributed by atoms with Crippen molar-refractivity contribution in [2.45, 2.75) is 69.2 Å². The summed E-state index contributed by atoms with van der Waals surface area (Å²) < 4.78 is 40.5. The number of fused-ring (bicyclic) bond motifs is 1. The van der Waals surface area contributed by atoms with Gasteiger partial charge in [0.05, 0.1) is 30.0 Å². The van der Waals surface area contributed by atoms with Crippen molar-refractivity contribution in [3.63, 3.8) is 0 Å². The summed E-state index contributed by atoms with van der Waals surface area (Å²) in [7, 11) is -3.18. The molecule has 0 radical (unpaired) electrons. The number of piperidine rings is 1. The normalized spacial score (nSPS) is 21.2. The van der Waals surface area contributed by atoms with E-state index in [1.807, 2.05) is 6.07 Å². The van der Waals surface area contributed by atoms with Gasteiger partial charge >= 0.3 is 11.8 Å². The second-order valence-electron chi connectivity index (χ2n) is 16.6. The third kappa shape index (κ3) is 8.78. The molecule has 17 nitrogen and oxygen atoms in total. The summed E-state index contributed by atoms with van der Waals surface area (Å²) >= 11 is 0. The maximum absolute atomic E-state index is 13.8. The maximum Gasteiger partial charge on any atom is 0.409 e. The lowest BCUT2D eigenvalue weighted by Crippen LogP contribution is -2.59. The third-order valence-corrected chi connectivity index (χ3v) is 14.2. The lowest BCUT2D eigenvalue weighted by Gasteiger charge is -2.56. The number of H-pyrrole nitrogens is 1. The molecule has 59 heavy (non-hydrogen) atoms. The van der Waals surface area contributed by atoms with Crippen molar-refractivity contribution in [3.05, 3.63) is 70.7 Å². The SMILES string of the molecule is COC(=O)N1CCN(C2CC3(CCN(c4ccc(C(=O)NS(=O)(=O)c5cnc(NC[C@H]6CC[C@@H](C)CC6)c([N+](=O)[O-])c5)c(Oc5cnc6[nH]ccc6c5)c4)CC3)C2)CC1. The van der Waals surface area contributed by atoms with E-state index in [1.54, 1.807) is 29.3 Å². The molecular formula is C41H51N9O8S. The van der Waals surface area contributed by atoms with Gasteiger partial charge in [-0.3, -0.25) is 19.8 Å². The van der Waals surface area contributed by atoms with Crippen LogP contribution in [0.2, 0.25) is 0 Å². The zero-order valence-corrected chi connectivity index (χ0v) is 34.2. The first-order valence-corrected chi connectivity index (χ1v) is 21.9. The van der Waals surface area contributed by atoms with E-state index in [9.17, 15) is 28.1 Å². The predicted octanol–water partition coefficient (Wildman–Crippen LogP) is 6.15. The van der Waals surface area contributed by atoms with Crippen LogP contribution in [-0.2, 0) is 14.8 Å². The quantitative estimate of drug-likeness (QED) is 0.115. The number of rotatable bonds is 11. The Morgan fingerprint density at radius 2 is 1.73 bits per heavy atom. The van der Waals surface area contributed by atoms with Crippen molar-refractivity contribution in [2.75, 3.05) is 63.1 Å². The second kappa shape index (κ2) is 16.6. The van der Waals surface area contributed by atoms with Crippen molar-refractivity contribution >= 4 is 50.2 Å². The molecule has 2 amide bonds. The van der Waals surface area contributed by atoms with Crippen LogP contribution in [0.5, 0.6) is 11.5 Å². The molecule has 18 heteroatoms. The fraction of sp³-hybridized carbons (Fsp3) is 0.512. The number of anilines is 2. The molecule has 5 heterocycles. The van der Waals surface area contributed by atoms with Gasteiger partial charge in [-0.15, -0.1) is 0 Å². The molecule has 0 unspecified atom stereocenters. The smallest absolute Gasteiger partial charge is 0.409 e. The number of sulfonamides is 1. The Balaban J connectivity index is 0.960. The largest absolute Gasteiger partial charge is 0.455 e. The average molecular weight is 830 g/mol. The zero-order chi connectivity index (χ0) is 41.3. The maximum atomic E-state index is 13.8. The fourth-order valence-corrected chi connectivity index (χ4v) is 10.1. The van der Waals surface area contributed by atoms with Crippen LogP contribution < -0.4 is 19.7 Å². The van der Waals surface area contributed by atoms with Gasteiger partial charge in [-0.2, -0.15) is 0 Å². The minimum atomic E-state index is -4.60. The van der Waals surface area contributed by atoms with E-state index in [4.69, 9.17) is 9.47 Å². The summed E-state index contributed by atoms with van der Waals surface area (Å²) in [5.41, 5.74) is 1.21. The number of nitrogens with zero attached hydrogens (tertiary/aromatic N) is 6. The van der Waals surface area contributed by atoms with E-state index in [0.717, 1.165) is 101 Å². The number of nitro groups is 1. The Kier molecular flexibility index (Phi) is 11.4. The summed E-state index contributed by atoms with van der Waals surface area (Å²) in [6.07, 6.45) is 12.5. The van der Waals surface area contributed by atoms with E-state index < -0.39 is 31.4 Å². The number of piperazine rings is 1. The number of pyridine rings is 2. The van der Waals surface area contributed by atoms with Crippen LogP contribution in [0.25, 0.3) is 11.0 Å². The Morgan fingerprint density at radius 3 is 2.44 bits per heavy atom. The van der Waals surface area contributed by atoms with E-state index >= 15 is 0 Å². The van der Waals surface area contributed by atoms with Crippen LogP contribution >= 0.6 is 0 Å². The van der Waals surface area contributed by atoms with Gasteiger partial charge in [-0.05, 0) is 80.0 Å². The first-order valence-electron chi connectivity index (χ1n) is 20.4. The molecule has 2 saturated carbocycles. The van der Waals surface area contributed by atoms with E-state index in [1.165, 1.54) is 19.4 Å². The van der Waals surface area contributed by atoms with Gasteiger partial charge in [0.25, 0.3) is 15.9 Å². The summed E-state index contributed by atoms with van der Waals surface area (Å²) in [5.74, 6) is 0.490. The highest BCUT2D eigenvalue weighted by molar-refractivity contribution is 7.90. The summed E-state index contributed by atoms with van der Waals surface area (Å²) in [4.78, 5) is 54.7. The van der Waals surface area contributed by atoms with Gasteiger partial charge in [0, 0.05) is 81.3 Å². The van der Waals surface area contributed by atoms with Crippen molar-refractivity contribution in [1.29, 1.82) is 0 Å². The number of ether oxygens (including phenoxy) is 2. The first-order chi connectivity index (χ1) is 28.4. The molecule has 4 fully saturated rings. The molecule has 3 N–H and O–H groups in total. The lowest BCUT2D eigenvalue weighted by molar-refractivity contribution is -0.384. The number of carbonyl (C=O) groups is 2. The molecule has 2 aliphatic heterocycles. The molecule has 0 bridgehead atoms. The molecular weight excluding hydrogens is 779 g/mol. The Morgan fingerprint density at radius 1 is 0.983 bits per heavy atom. The van der Waals surface area contributed by atoms with Crippen LogP contribution in [0.3, 0.4) is 0 Å².